The standard InChI is InChI=1S/C16H15N3.C4H4O4/c17-16-18-10-15-13-7-3-1-5-11(13)9-12-6-2-4-8-14(12)19(15)16;5-3(6)1-2-4(7)8/h1-8,15H,9-10H2,(H2,17,18);1-2H,(H,5,6)(H,7,8)/t15-;/m1./s1. The number of anilines is 1. The average Bonchev–Trinajstić information content (AvgIpc) is 2.95. The Hall–Kier alpha value is -3.61. The van der Waals surface area contributed by atoms with Gasteiger partial charge in [0.05, 0.1) is 12.6 Å². The lowest BCUT2D eigenvalue weighted by molar-refractivity contribution is -0.134. The normalized spacial score (nSPS) is 17.0. The highest BCUT2D eigenvalue weighted by molar-refractivity contribution is 5.98. The summed E-state index contributed by atoms with van der Waals surface area (Å²) in [6.45, 7) is 0.747. The molecule has 7 nitrogen and oxygen atoms in total. The average molecular weight is 365 g/mol. The van der Waals surface area contributed by atoms with Gasteiger partial charge in [0, 0.05) is 17.8 Å². The molecule has 0 spiro atoms. The molecule has 2 aliphatic heterocycles. The number of para-hydroxylation sites is 1. The van der Waals surface area contributed by atoms with Crippen LogP contribution in [0.25, 0.3) is 0 Å². The zero-order valence-electron chi connectivity index (χ0n) is 14.4. The van der Waals surface area contributed by atoms with Crippen molar-refractivity contribution in [2.75, 3.05) is 11.4 Å². The largest absolute Gasteiger partial charge is 0.478 e. The summed E-state index contributed by atoms with van der Waals surface area (Å²) in [5.41, 5.74) is 11.4. The number of carboxylic acid groups (broad SMARTS) is 2. The molecule has 0 aliphatic carbocycles. The molecule has 0 amide bonds. The fourth-order valence-corrected chi connectivity index (χ4v) is 3.29. The fraction of sp³-hybridized carbons (Fsp3) is 0.150. The van der Waals surface area contributed by atoms with Gasteiger partial charge in [-0.05, 0) is 29.2 Å². The zero-order valence-corrected chi connectivity index (χ0v) is 14.4. The van der Waals surface area contributed by atoms with Crippen molar-refractivity contribution >= 4 is 23.6 Å². The Bertz CT molecular complexity index is 920. The summed E-state index contributed by atoms with van der Waals surface area (Å²) in [7, 11) is 0. The number of hydrogen-bond donors (Lipinski definition) is 3. The van der Waals surface area contributed by atoms with Crippen molar-refractivity contribution in [1.29, 1.82) is 0 Å². The number of aliphatic imine (C=N–C) groups is 1. The number of fused-ring (bicyclic) bond motifs is 5. The molecule has 4 rings (SSSR count). The number of carbonyl (C=O) groups is 2. The van der Waals surface area contributed by atoms with E-state index >= 15 is 0 Å². The smallest absolute Gasteiger partial charge is 0.328 e. The third kappa shape index (κ3) is 3.98. The molecule has 0 saturated carbocycles. The number of nitrogens with two attached hydrogens (primary N) is 1. The van der Waals surface area contributed by atoms with Crippen LogP contribution in [0.5, 0.6) is 0 Å². The van der Waals surface area contributed by atoms with E-state index in [9.17, 15) is 9.59 Å². The number of carboxylic acids is 2. The van der Waals surface area contributed by atoms with Crippen LogP contribution in [-0.2, 0) is 16.0 Å². The van der Waals surface area contributed by atoms with Crippen LogP contribution < -0.4 is 10.6 Å². The molecule has 2 aromatic carbocycles. The van der Waals surface area contributed by atoms with Crippen molar-refractivity contribution in [2.24, 2.45) is 10.7 Å². The summed E-state index contributed by atoms with van der Waals surface area (Å²) in [4.78, 5) is 25.7. The molecule has 0 unspecified atom stereocenters. The summed E-state index contributed by atoms with van der Waals surface area (Å²) in [6.07, 6.45) is 2.08. The monoisotopic (exact) mass is 365 g/mol. The number of nitrogens with zero attached hydrogens (tertiary/aromatic N) is 2. The third-order valence-corrected chi connectivity index (χ3v) is 4.40. The van der Waals surface area contributed by atoms with Gasteiger partial charge >= 0.3 is 11.9 Å². The fourth-order valence-electron chi connectivity index (χ4n) is 3.29. The van der Waals surface area contributed by atoms with E-state index in [2.05, 4.69) is 58.4 Å². The predicted octanol–water partition coefficient (Wildman–Crippen LogP) is 2.18. The first-order valence-corrected chi connectivity index (χ1v) is 8.36. The van der Waals surface area contributed by atoms with Gasteiger partial charge in [0.15, 0.2) is 5.96 Å². The second kappa shape index (κ2) is 7.74. The maximum atomic E-state index is 9.55. The van der Waals surface area contributed by atoms with Crippen molar-refractivity contribution in [3.8, 4) is 0 Å². The first-order chi connectivity index (χ1) is 13.0. The van der Waals surface area contributed by atoms with Crippen LogP contribution in [0.15, 0.2) is 65.7 Å². The Labute approximate surface area is 156 Å². The predicted molar refractivity (Wildman–Crippen MR) is 102 cm³/mol. The lowest BCUT2D eigenvalue weighted by Gasteiger charge is -2.26. The molecule has 2 heterocycles. The summed E-state index contributed by atoms with van der Waals surface area (Å²) in [5, 5.41) is 15.6. The third-order valence-electron chi connectivity index (χ3n) is 4.40. The van der Waals surface area contributed by atoms with E-state index in [0.717, 1.165) is 13.0 Å². The lowest BCUT2D eigenvalue weighted by Crippen LogP contribution is -2.36. The van der Waals surface area contributed by atoms with E-state index < -0.39 is 11.9 Å². The van der Waals surface area contributed by atoms with E-state index in [-0.39, 0.29) is 6.04 Å². The van der Waals surface area contributed by atoms with Crippen LogP contribution in [0.1, 0.15) is 22.7 Å². The van der Waals surface area contributed by atoms with Gasteiger partial charge in [-0.15, -0.1) is 0 Å². The Kier molecular flexibility index (Phi) is 5.21. The van der Waals surface area contributed by atoms with Crippen molar-refractivity contribution in [1.82, 2.24) is 0 Å². The van der Waals surface area contributed by atoms with Gasteiger partial charge in [-0.1, -0.05) is 42.5 Å². The second-order valence-corrected chi connectivity index (χ2v) is 6.10. The molecule has 1 atom stereocenters. The van der Waals surface area contributed by atoms with Gasteiger partial charge < -0.3 is 20.8 Å². The molecule has 0 saturated heterocycles. The Morgan fingerprint density at radius 1 is 1.00 bits per heavy atom. The minimum absolute atomic E-state index is 0.250. The molecule has 0 radical (unpaired) electrons. The van der Waals surface area contributed by atoms with E-state index in [0.29, 0.717) is 18.1 Å². The number of guanidine groups is 1. The molecule has 0 bridgehead atoms. The highest BCUT2D eigenvalue weighted by Crippen LogP contribution is 2.39. The van der Waals surface area contributed by atoms with Gasteiger partial charge in [0.1, 0.15) is 0 Å². The Morgan fingerprint density at radius 3 is 2.26 bits per heavy atom. The van der Waals surface area contributed by atoms with Crippen molar-refractivity contribution < 1.29 is 19.8 Å². The topological polar surface area (TPSA) is 116 Å². The highest BCUT2D eigenvalue weighted by Gasteiger charge is 2.33. The SMILES string of the molecule is NC1=NC[C@@H]2c3ccccc3Cc3ccccc3N12.O=C(O)C=CC(=O)O. The number of benzene rings is 2. The summed E-state index contributed by atoms with van der Waals surface area (Å²) in [5.74, 6) is -1.88. The Morgan fingerprint density at radius 2 is 1.59 bits per heavy atom. The van der Waals surface area contributed by atoms with Gasteiger partial charge in [-0.25, -0.2) is 9.59 Å². The maximum absolute atomic E-state index is 9.55. The van der Waals surface area contributed by atoms with Crippen molar-refractivity contribution in [2.45, 2.75) is 12.5 Å². The highest BCUT2D eigenvalue weighted by atomic mass is 16.4. The van der Waals surface area contributed by atoms with Gasteiger partial charge in [-0.2, -0.15) is 0 Å². The lowest BCUT2D eigenvalue weighted by atomic mass is 9.97. The molecule has 27 heavy (non-hydrogen) atoms. The molecular weight excluding hydrogens is 346 g/mol. The Balaban J connectivity index is 0.000000226. The van der Waals surface area contributed by atoms with Gasteiger partial charge in [0.2, 0.25) is 0 Å². The molecule has 7 heteroatoms. The zero-order chi connectivity index (χ0) is 19.4. The minimum atomic E-state index is -1.26. The summed E-state index contributed by atoms with van der Waals surface area (Å²) >= 11 is 0. The van der Waals surface area contributed by atoms with Gasteiger partial charge in [-0.3, -0.25) is 4.99 Å². The number of aliphatic carboxylic acids is 2. The van der Waals surface area contributed by atoms with Crippen LogP contribution in [-0.4, -0.2) is 34.7 Å². The molecule has 138 valence electrons. The van der Waals surface area contributed by atoms with Gasteiger partial charge in [0.25, 0.3) is 0 Å². The molecule has 4 N–H and O–H groups in total. The van der Waals surface area contributed by atoms with Crippen LogP contribution in [0.3, 0.4) is 0 Å². The summed E-state index contributed by atoms with van der Waals surface area (Å²) < 4.78 is 0. The van der Waals surface area contributed by atoms with Crippen LogP contribution >= 0.6 is 0 Å². The molecule has 0 fully saturated rings. The quantitative estimate of drug-likeness (QED) is 0.703. The first kappa shape index (κ1) is 18.2. The van der Waals surface area contributed by atoms with E-state index in [1.54, 1.807) is 0 Å². The number of hydrogen-bond acceptors (Lipinski definition) is 5. The van der Waals surface area contributed by atoms with Crippen molar-refractivity contribution in [3.63, 3.8) is 0 Å². The second-order valence-electron chi connectivity index (χ2n) is 6.10. The van der Waals surface area contributed by atoms with Crippen molar-refractivity contribution in [3.05, 3.63) is 77.4 Å². The van der Waals surface area contributed by atoms with Crippen LogP contribution in [0.4, 0.5) is 5.69 Å². The molecule has 0 aromatic heterocycles. The van der Waals surface area contributed by atoms with Crippen LogP contribution in [0.2, 0.25) is 0 Å². The molecular formula is C20H19N3O4. The van der Waals surface area contributed by atoms with E-state index in [1.807, 2.05) is 0 Å². The minimum Gasteiger partial charge on any atom is -0.478 e. The number of rotatable bonds is 2. The van der Waals surface area contributed by atoms with E-state index in [1.165, 1.54) is 22.4 Å². The molecule has 2 aromatic rings. The maximum Gasteiger partial charge on any atom is 0.328 e. The first-order valence-electron chi connectivity index (χ1n) is 8.36. The summed E-state index contributed by atoms with van der Waals surface area (Å²) in [6, 6.07) is 17.3. The molecule has 2 aliphatic rings. The van der Waals surface area contributed by atoms with Crippen LogP contribution in [0, 0.1) is 0 Å². The van der Waals surface area contributed by atoms with E-state index in [4.69, 9.17) is 15.9 Å².